The van der Waals surface area contributed by atoms with E-state index in [0.29, 0.717) is 35.7 Å². The summed E-state index contributed by atoms with van der Waals surface area (Å²) in [6.07, 6.45) is 3.96. The number of hydrogen-bond donors (Lipinski definition) is 1. The zero-order valence-electron chi connectivity index (χ0n) is 16.9. The molecule has 154 valence electrons. The van der Waals surface area contributed by atoms with Gasteiger partial charge in [0.25, 0.3) is 0 Å². The van der Waals surface area contributed by atoms with Crippen molar-refractivity contribution in [2.24, 2.45) is 11.8 Å². The predicted molar refractivity (Wildman–Crippen MR) is 113 cm³/mol. The number of carbonyl (C=O) groups is 1. The van der Waals surface area contributed by atoms with Crippen LogP contribution in [0.3, 0.4) is 0 Å². The molecular weight excluding hydrogens is 376 g/mol. The van der Waals surface area contributed by atoms with Crippen molar-refractivity contribution in [1.82, 2.24) is 9.80 Å². The highest BCUT2D eigenvalue weighted by Crippen LogP contribution is 2.29. The molecule has 0 aliphatic heterocycles. The van der Waals surface area contributed by atoms with Crippen molar-refractivity contribution in [2.75, 3.05) is 39.8 Å². The van der Waals surface area contributed by atoms with Gasteiger partial charge in [0, 0.05) is 31.1 Å². The number of halogens is 1. The highest BCUT2D eigenvalue weighted by Gasteiger charge is 2.23. The van der Waals surface area contributed by atoms with Gasteiger partial charge >= 0.3 is 6.09 Å². The monoisotopic (exact) mass is 406 g/mol. The zero-order chi connectivity index (χ0) is 20.4. The number of hydrogen-bond acceptors (Lipinski definition) is 4. The van der Waals surface area contributed by atoms with Gasteiger partial charge in [0.15, 0.2) is 0 Å². The molecule has 1 fully saturated rings. The van der Waals surface area contributed by atoms with Gasteiger partial charge in [-0.1, -0.05) is 30.4 Å². The third-order valence-corrected chi connectivity index (χ3v) is 5.43. The minimum absolute atomic E-state index is 0.175. The van der Waals surface area contributed by atoms with E-state index in [1.807, 2.05) is 0 Å². The standard InChI is InChI=1S/C22H31ClN2O3/c1-3-25(15-16-26)14-4-5-18-6-8-19(9-7-18)17-24(2)22(27)28-21-12-10-20(23)11-13-21/h10-13,18-19,26H,3,6-9,14-17H2,1-2H3/t18-,19-. The molecule has 1 aromatic rings. The van der Waals surface area contributed by atoms with E-state index in [9.17, 15) is 4.79 Å². The Balaban J connectivity index is 1.71. The smallest absolute Gasteiger partial charge is 0.410 e. The molecule has 0 heterocycles. The van der Waals surface area contributed by atoms with Crippen molar-refractivity contribution < 1.29 is 14.6 Å². The summed E-state index contributed by atoms with van der Waals surface area (Å²) in [5.74, 6) is 8.09. The predicted octanol–water partition coefficient (Wildman–Crippen LogP) is 3.89. The maximum atomic E-state index is 12.2. The Morgan fingerprint density at radius 3 is 2.54 bits per heavy atom. The van der Waals surface area contributed by atoms with Crippen LogP contribution in [0.25, 0.3) is 0 Å². The Hall–Kier alpha value is -1.74. The molecule has 6 heteroatoms. The van der Waals surface area contributed by atoms with Crippen LogP contribution in [0.15, 0.2) is 24.3 Å². The lowest BCUT2D eigenvalue weighted by Crippen LogP contribution is -2.35. The lowest BCUT2D eigenvalue weighted by Gasteiger charge is -2.29. The Kier molecular flexibility index (Phi) is 9.63. The molecule has 0 bridgehead atoms. The number of likely N-dealkylation sites (N-methyl/N-ethyl adjacent to an activating group) is 1. The first kappa shape index (κ1) is 22.5. The van der Waals surface area contributed by atoms with Gasteiger partial charge in [-0.25, -0.2) is 4.79 Å². The Morgan fingerprint density at radius 2 is 1.93 bits per heavy atom. The Bertz CT molecular complexity index is 661. The molecule has 1 aliphatic rings. The first-order valence-electron chi connectivity index (χ1n) is 10.0. The van der Waals surface area contributed by atoms with Gasteiger partial charge in [-0.3, -0.25) is 4.90 Å². The molecule has 1 amide bonds. The topological polar surface area (TPSA) is 53.0 Å². The fourth-order valence-electron chi connectivity index (χ4n) is 3.42. The number of rotatable bonds is 7. The number of ether oxygens (including phenoxy) is 1. The van der Waals surface area contributed by atoms with Crippen LogP contribution in [-0.4, -0.2) is 60.8 Å². The van der Waals surface area contributed by atoms with Crippen molar-refractivity contribution in [3.8, 4) is 17.6 Å². The van der Waals surface area contributed by atoms with Crippen molar-refractivity contribution in [3.63, 3.8) is 0 Å². The van der Waals surface area contributed by atoms with Gasteiger partial charge in [0.05, 0.1) is 13.2 Å². The van der Waals surface area contributed by atoms with Crippen molar-refractivity contribution in [2.45, 2.75) is 32.6 Å². The fraction of sp³-hybridized carbons (Fsp3) is 0.591. The average molecular weight is 407 g/mol. The molecule has 0 unspecified atom stereocenters. The molecule has 0 radical (unpaired) electrons. The van der Waals surface area contributed by atoms with E-state index >= 15 is 0 Å². The van der Waals surface area contributed by atoms with Crippen molar-refractivity contribution >= 4 is 17.7 Å². The number of nitrogens with zero attached hydrogens (tertiary/aromatic N) is 2. The van der Waals surface area contributed by atoms with Crippen LogP contribution in [0.4, 0.5) is 4.79 Å². The van der Waals surface area contributed by atoms with E-state index in [4.69, 9.17) is 21.4 Å². The minimum Gasteiger partial charge on any atom is -0.410 e. The Morgan fingerprint density at radius 1 is 1.25 bits per heavy atom. The second kappa shape index (κ2) is 12.0. The molecule has 1 aromatic carbocycles. The zero-order valence-corrected chi connectivity index (χ0v) is 17.6. The summed E-state index contributed by atoms with van der Waals surface area (Å²) in [5.41, 5.74) is 0. The SMILES string of the molecule is CCN(CC#C[C@H]1CC[C@H](CN(C)C(=O)Oc2ccc(Cl)cc2)CC1)CCO. The van der Waals surface area contributed by atoms with E-state index in [0.717, 1.165) is 38.8 Å². The average Bonchev–Trinajstić information content (AvgIpc) is 2.70. The first-order chi connectivity index (χ1) is 13.5. The largest absolute Gasteiger partial charge is 0.414 e. The number of aliphatic hydroxyl groups excluding tert-OH is 1. The van der Waals surface area contributed by atoms with Gasteiger partial charge in [-0.05, 0) is 62.4 Å². The Labute approximate surface area is 173 Å². The minimum atomic E-state index is -0.340. The molecule has 0 aromatic heterocycles. The van der Waals surface area contributed by atoms with Gasteiger partial charge in [0.1, 0.15) is 5.75 Å². The summed E-state index contributed by atoms with van der Waals surface area (Å²) in [7, 11) is 1.78. The van der Waals surface area contributed by atoms with Crippen LogP contribution in [0.2, 0.25) is 5.02 Å². The lowest BCUT2D eigenvalue weighted by molar-refractivity contribution is 0.148. The van der Waals surface area contributed by atoms with Crippen molar-refractivity contribution in [3.05, 3.63) is 29.3 Å². The highest BCUT2D eigenvalue weighted by atomic mass is 35.5. The van der Waals surface area contributed by atoms with Gasteiger partial charge in [-0.15, -0.1) is 0 Å². The number of carbonyl (C=O) groups excluding carboxylic acids is 1. The van der Waals surface area contributed by atoms with Gasteiger partial charge in [0.2, 0.25) is 0 Å². The molecule has 28 heavy (non-hydrogen) atoms. The number of aliphatic hydroxyl groups is 1. The summed E-state index contributed by atoms with van der Waals surface area (Å²) in [4.78, 5) is 16.0. The van der Waals surface area contributed by atoms with E-state index < -0.39 is 0 Å². The lowest BCUT2D eigenvalue weighted by atomic mass is 9.82. The van der Waals surface area contributed by atoms with Crippen LogP contribution >= 0.6 is 11.6 Å². The van der Waals surface area contributed by atoms with Crippen LogP contribution in [0.5, 0.6) is 5.75 Å². The van der Waals surface area contributed by atoms with E-state index in [1.165, 1.54) is 0 Å². The summed E-state index contributed by atoms with van der Waals surface area (Å²) in [5, 5.41) is 9.63. The van der Waals surface area contributed by atoms with Gasteiger partial charge in [-0.2, -0.15) is 0 Å². The number of amides is 1. The summed E-state index contributed by atoms with van der Waals surface area (Å²) in [6.45, 7) is 5.26. The quantitative estimate of drug-likeness (QED) is 0.698. The van der Waals surface area contributed by atoms with Crippen LogP contribution in [0.1, 0.15) is 32.6 Å². The number of benzene rings is 1. The van der Waals surface area contributed by atoms with Crippen LogP contribution in [0, 0.1) is 23.7 Å². The summed E-state index contributed by atoms with van der Waals surface area (Å²) >= 11 is 5.85. The first-order valence-corrected chi connectivity index (χ1v) is 10.4. The summed E-state index contributed by atoms with van der Waals surface area (Å²) in [6, 6.07) is 6.79. The maximum Gasteiger partial charge on any atom is 0.414 e. The van der Waals surface area contributed by atoms with E-state index in [-0.39, 0.29) is 12.7 Å². The van der Waals surface area contributed by atoms with Gasteiger partial charge < -0.3 is 14.7 Å². The van der Waals surface area contributed by atoms with E-state index in [1.54, 1.807) is 36.2 Å². The fourth-order valence-corrected chi connectivity index (χ4v) is 3.55. The van der Waals surface area contributed by atoms with Crippen LogP contribution in [-0.2, 0) is 0 Å². The molecule has 0 atom stereocenters. The molecule has 1 saturated carbocycles. The molecule has 1 N–H and O–H groups in total. The third kappa shape index (κ3) is 7.71. The molecule has 2 rings (SSSR count). The summed E-state index contributed by atoms with van der Waals surface area (Å²) < 4.78 is 5.38. The van der Waals surface area contributed by atoms with Crippen LogP contribution < -0.4 is 4.74 Å². The van der Waals surface area contributed by atoms with E-state index in [2.05, 4.69) is 23.7 Å². The maximum absolute atomic E-state index is 12.2. The molecular formula is C22H31ClN2O3. The molecule has 5 nitrogen and oxygen atoms in total. The highest BCUT2D eigenvalue weighted by molar-refractivity contribution is 6.30. The molecule has 0 spiro atoms. The molecule has 0 saturated heterocycles. The normalized spacial score (nSPS) is 19.0. The molecule has 1 aliphatic carbocycles. The second-order valence-corrected chi connectivity index (χ2v) is 7.77. The second-order valence-electron chi connectivity index (χ2n) is 7.33. The third-order valence-electron chi connectivity index (χ3n) is 5.18. The van der Waals surface area contributed by atoms with Crippen molar-refractivity contribution in [1.29, 1.82) is 0 Å².